The molecule has 2 N–H and O–H groups in total. The molecule has 0 saturated carbocycles. The maximum absolute atomic E-state index is 12.5. The number of aromatic nitrogens is 2. The molecule has 5 heteroatoms. The SMILES string of the molecule is Cc1ccccc1C(=O)N1Cc2cnc(N)nc2C1. The molecule has 5 nitrogen and oxygen atoms in total. The first-order valence-electron chi connectivity index (χ1n) is 6.10. The first-order chi connectivity index (χ1) is 9.15. The predicted octanol–water partition coefficient (Wildman–Crippen LogP) is 1.52. The van der Waals surface area contributed by atoms with Crippen LogP contribution >= 0.6 is 0 Å². The molecule has 1 aromatic heterocycles. The van der Waals surface area contributed by atoms with E-state index in [-0.39, 0.29) is 11.9 Å². The number of hydrogen-bond donors (Lipinski definition) is 1. The van der Waals surface area contributed by atoms with Crippen molar-refractivity contribution in [2.24, 2.45) is 0 Å². The zero-order valence-electron chi connectivity index (χ0n) is 10.6. The minimum atomic E-state index is 0.0228. The lowest BCUT2D eigenvalue weighted by Gasteiger charge is -2.16. The maximum atomic E-state index is 12.5. The lowest BCUT2D eigenvalue weighted by Crippen LogP contribution is -2.26. The van der Waals surface area contributed by atoms with Gasteiger partial charge in [0.2, 0.25) is 5.95 Å². The van der Waals surface area contributed by atoms with E-state index in [2.05, 4.69) is 9.97 Å². The summed E-state index contributed by atoms with van der Waals surface area (Å²) in [6.07, 6.45) is 1.70. The number of rotatable bonds is 1. The van der Waals surface area contributed by atoms with Gasteiger partial charge in [-0.1, -0.05) is 18.2 Å². The van der Waals surface area contributed by atoms with E-state index in [4.69, 9.17) is 5.73 Å². The minimum Gasteiger partial charge on any atom is -0.368 e. The maximum Gasteiger partial charge on any atom is 0.254 e. The molecule has 2 aromatic rings. The van der Waals surface area contributed by atoms with Crippen LogP contribution in [0, 0.1) is 6.92 Å². The molecule has 96 valence electrons. The van der Waals surface area contributed by atoms with Gasteiger partial charge in [-0.15, -0.1) is 0 Å². The zero-order valence-corrected chi connectivity index (χ0v) is 10.6. The van der Waals surface area contributed by atoms with Crippen LogP contribution in [0.1, 0.15) is 27.2 Å². The summed E-state index contributed by atoms with van der Waals surface area (Å²) >= 11 is 0. The molecule has 2 heterocycles. The summed E-state index contributed by atoms with van der Waals surface area (Å²) in [5.74, 6) is 0.276. The van der Waals surface area contributed by atoms with E-state index >= 15 is 0 Å². The van der Waals surface area contributed by atoms with Crippen LogP contribution in [-0.4, -0.2) is 20.8 Å². The average Bonchev–Trinajstić information content (AvgIpc) is 2.81. The molecular weight excluding hydrogens is 240 g/mol. The van der Waals surface area contributed by atoms with E-state index in [1.807, 2.05) is 31.2 Å². The van der Waals surface area contributed by atoms with Crippen molar-refractivity contribution in [1.29, 1.82) is 0 Å². The van der Waals surface area contributed by atoms with Crippen LogP contribution in [0.3, 0.4) is 0 Å². The van der Waals surface area contributed by atoms with Crippen molar-refractivity contribution in [3.63, 3.8) is 0 Å². The first-order valence-corrected chi connectivity index (χ1v) is 6.10. The van der Waals surface area contributed by atoms with Gasteiger partial charge in [0.25, 0.3) is 5.91 Å². The summed E-state index contributed by atoms with van der Waals surface area (Å²) in [4.78, 5) is 22.4. The number of anilines is 1. The van der Waals surface area contributed by atoms with Gasteiger partial charge in [0.05, 0.1) is 12.2 Å². The predicted molar refractivity (Wildman–Crippen MR) is 71.2 cm³/mol. The number of carbonyl (C=O) groups excluding carboxylic acids is 1. The second-order valence-corrected chi connectivity index (χ2v) is 4.68. The summed E-state index contributed by atoms with van der Waals surface area (Å²) < 4.78 is 0. The van der Waals surface area contributed by atoms with Gasteiger partial charge in [-0.05, 0) is 18.6 Å². The van der Waals surface area contributed by atoms with Gasteiger partial charge >= 0.3 is 0 Å². The smallest absolute Gasteiger partial charge is 0.254 e. The van der Waals surface area contributed by atoms with Crippen molar-refractivity contribution >= 4 is 11.9 Å². The number of aryl methyl sites for hydroxylation is 1. The number of nitrogens with zero attached hydrogens (tertiary/aromatic N) is 3. The summed E-state index contributed by atoms with van der Waals surface area (Å²) in [7, 11) is 0. The Kier molecular flexibility index (Phi) is 2.67. The highest BCUT2D eigenvalue weighted by Crippen LogP contribution is 2.23. The topological polar surface area (TPSA) is 72.1 Å². The Hall–Kier alpha value is -2.43. The molecule has 19 heavy (non-hydrogen) atoms. The second-order valence-electron chi connectivity index (χ2n) is 4.68. The highest BCUT2D eigenvalue weighted by molar-refractivity contribution is 5.95. The molecule has 0 saturated heterocycles. The van der Waals surface area contributed by atoms with E-state index in [1.165, 1.54) is 0 Å². The van der Waals surface area contributed by atoms with Gasteiger partial charge in [-0.3, -0.25) is 4.79 Å². The zero-order chi connectivity index (χ0) is 13.4. The van der Waals surface area contributed by atoms with Crippen molar-refractivity contribution < 1.29 is 4.79 Å². The highest BCUT2D eigenvalue weighted by Gasteiger charge is 2.26. The van der Waals surface area contributed by atoms with Crippen LogP contribution in [0.4, 0.5) is 5.95 Å². The largest absolute Gasteiger partial charge is 0.368 e. The van der Waals surface area contributed by atoms with Crippen LogP contribution in [0.15, 0.2) is 30.5 Å². The van der Waals surface area contributed by atoms with Gasteiger partial charge in [-0.2, -0.15) is 0 Å². The highest BCUT2D eigenvalue weighted by atomic mass is 16.2. The summed E-state index contributed by atoms with van der Waals surface area (Å²) in [6.45, 7) is 2.98. The van der Waals surface area contributed by atoms with Gasteiger partial charge in [-0.25, -0.2) is 9.97 Å². The third-order valence-corrected chi connectivity index (χ3v) is 3.34. The summed E-state index contributed by atoms with van der Waals surface area (Å²) in [5, 5.41) is 0. The number of hydrogen-bond acceptors (Lipinski definition) is 4. The van der Waals surface area contributed by atoms with Crippen LogP contribution in [-0.2, 0) is 13.1 Å². The molecule has 0 fully saturated rings. The molecule has 0 aliphatic carbocycles. The van der Waals surface area contributed by atoms with Crippen LogP contribution in [0.25, 0.3) is 0 Å². The monoisotopic (exact) mass is 254 g/mol. The standard InChI is InChI=1S/C14H14N4O/c1-9-4-2-3-5-11(9)13(19)18-7-10-6-16-14(15)17-12(10)8-18/h2-6H,7-8H2,1H3,(H2,15,16,17). The number of fused-ring (bicyclic) bond motifs is 1. The Bertz CT molecular complexity index is 654. The van der Waals surface area contributed by atoms with E-state index in [1.54, 1.807) is 11.1 Å². The van der Waals surface area contributed by atoms with Crippen LogP contribution in [0.5, 0.6) is 0 Å². The fourth-order valence-electron chi connectivity index (χ4n) is 2.30. The Morgan fingerprint density at radius 3 is 2.89 bits per heavy atom. The molecule has 3 rings (SSSR count). The second kappa shape index (κ2) is 4.35. The average molecular weight is 254 g/mol. The van der Waals surface area contributed by atoms with E-state index < -0.39 is 0 Å². The lowest BCUT2D eigenvalue weighted by atomic mass is 10.1. The Labute approximate surface area is 111 Å². The Morgan fingerprint density at radius 1 is 1.32 bits per heavy atom. The number of amides is 1. The first kappa shape index (κ1) is 11.6. The summed E-state index contributed by atoms with van der Waals surface area (Å²) in [5.41, 5.74) is 9.09. The van der Waals surface area contributed by atoms with Crippen molar-refractivity contribution in [3.05, 3.63) is 52.8 Å². The molecule has 0 unspecified atom stereocenters. The van der Waals surface area contributed by atoms with Gasteiger partial charge in [0.1, 0.15) is 0 Å². The third kappa shape index (κ3) is 2.03. The number of nitrogens with two attached hydrogens (primary N) is 1. The van der Waals surface area contributed by atoms with Crippen molar-refractivity contribution in [2.75, 3.05) is 5.73 Å². The molecule has 0 spiro atoms. The number of carbonyl (C=O) groups is 1. The molecule has 1 amide bonds. The van der Waals surface area contributed by atoms with E-state index in [0.717, 1.165) is 22.4 Å². The molecule has 0 atom stereocenters. The quantitative estimate of drug-likeness (QED) is 0.837. The van der Waals surface area contributed by atoms with E-state index in [9.17, 15) is 4.79 Å². The fraction of sp³-hybridized carbons (Fsp3) is 0.214. The van der Waals surface area contributed by atoms with Gasteiger partial charge in [0, 0.05) is 23.9 Å². The molecule has 1 aliphatic rings. The van der Waals surface area contributed by atoms with Crippen molar-refractivity contribution in [2.45, 2.75) is 20.0 Å². The number of benzene rings is 1. The minimum absolute atomic E-state index is 0.0228. The molecule has 1 aliphatic heterocycles. The van der Waals surface area contributed by atoms with Crippen molar-refractivity contribution in [3.8, 4) is 0 Å². The lowest BCUT2D eigenvalue weighted by molar-refractivity contribution is 0.0749. The normalized spacial score (nSPS) is 13.4. The Balaban J connectivity index is 1.87. The molecule has 1 aromatic carbocycles. The molecular formula is C14H14N4O. The van der Waals surface area contributed by atoms with Gasteiger partial charge < -0.3 is 10.6 Å². The molecule has 0 bridgehead atoms. The van der Waals surface area contributed by atoms with Crippen LogP contribution in [0.2, 0.25) is 0 Å². The molecule has 0 radical (unpaired) electrons. The fourth-order valence-corrected chi connectivity index (χ4v) is 2.30. The number of nitrogen functional groups attached to an aromatic ring is 1. The van der Waals surface area contributed by atoms with Crippen LogP contribution < -0.4 is 5.73 Å². The third-order valence-electron chi connectivity index (χ3n) is 3.34. The Morgan fingerprint density at radius 2 is 2.11 bits per heavy atom. The van der Waals surface area contributed by atoms with Crippen molar-refractivity contribution in [1.82, 2.24) is 14.9 Å². The van der Waals surface area contributed by atoms with Gasteiger partial charge in [0.15, 0.2) is 0 Å². The van der Waals surface area contributed by atoms with E-state index in [0.29, 0.717) is 13.1 Å². The summed E-state index contributed by atoms with van der Waals surface area (Å²) in [6, 6.07) is 7.59.